The van der Waals surface area contributed by atoms with Crippen molar-refractivity contribution in [3.63, 3.8) is 0 Å². The molecule has 1 aromatic heterocycles. The number of rotatable bonds is 3. The van der Waals surface area contributed by atoms with Gasteiger partial charge in [-0.1, -0.05) is 41.9 Å². The minimum absolute atomic E-state index is 0.0616. The van der Waals surface area contributed by atoms with Gasteiger partial charge in [0.15, 0.2) is 5.43 Å². The second-order valence-corrected chi connectivity index (χ2v) is 8.32. The molecule has 1 amide bonds. The van der Waals surface area contributed by atoms with E-state index in [2.05, 4.69) is 0 Å². The smallest absolute Gasteiger partial charge is 0.295 e. The van der Waals surface area contributed by atoms with Gasteiger partial charge in [-0.2, -0.15) is 0 Å². The monoisotopic (exact) mass is 445 g/mol. The fourth-order valence-electron chi connectivity index (χ4n) is 4.25. The molecule has 0 aliphatic carbocycles. The summed E-state index contributed by atoms with van der Waals surface area (Å²) in [6.07, 6.45) is 0. The largest absolute Gasteiger partial charge is 0.495 e. The molecule has 0 saturated carbocycles. The average molecular weight is 446 g/mol. The summed E-state index contributed by atoms with van der Waals surface area (Å²) < 4.78 is 11.3. The van der Waals surface area contributed by atoms with E-state index in [9.17, 15) is 9.59 Å². The van der Waals surface area contributed by atoms with Crippen LogP contribution >= 0.6 is 11.6 Å². The lowest BCUT2D eigenvalue weighted by molar-refractivity contribution is 0.0971. The van der Waals surface area contributed by atoms with Gasteiger partial charge >= 0.3 is 0 Å². The molecule has 32 heavy (non-hydrogen) atoms. The number of benzene rings is 3. The summed E-state index contributed by atoms with van der Waals surface area (Å²) in [4.78, 5) is 28.9. The number of halogens is 1. The van der Waals surface area contributed by atoms with Crippen LogP contribution in [0.25, 0.3) is 11.0 Å². The number of fused-ring (bicyclic) bond motifs is 2. The fraction of sp³-hybridized carbons (Fsp3) is 0.154. The first kappa shape index (κ1) is 20.3. The maximum absolute atomic E-state index is 13.7. The summed E-state index contributed by atoms with van der Waals surface area (Å²) in [5, 5.41) is 0.839. The van der Waals surface area contributed by atoms with Crippen molar-refractivity contribution in [1.29, 1.82) is 0 Å². The molecule has 0 N–H and O–H groups in total. The lowest BCUT2D eigenvalue weighted by Gasteiger charge is -2.25. The molecule has 160 valence electrons. The maximum Gasteiger partial charge on any atom is 0.295 e. The number of nitrogens with zero attached hydrogens (tertiary/aromatic N) is 1. The Morgan fingerprint density at radius 3 is 2.38 bits per heavy atom. The molecular formula is C26H20ClNO4. The highest BCUT2D eigenvalue weighted by Crippen LogP contribution is 2.42. The standard InChI is InChI=1S/C26H20ClNO4/c1-14-11-18-21(12-15(14)2)32-25-22(24(18)29)23(16-7-5-4-6-8-16)28(26(25)30)17-9-10-20(31-3)19(27)13-17/h4-13,23H,1-3H3. The van der Waals surface area contributed by atoms with Crippen LogP contribution in [0.2, 0.25) is 5.02 Å². The molecule has 0 fully saturated rings. The topological polar surface area (TPSA) is 59.8 Å². The van der Waals surface area contributed by atoms with Crippen molar-refractivity contribution in [3.8, 4) is 5.75 Å². The molecule has 1 unspecified atom stereocenters. The van der Waals surface area contributed by atoms with Crippen molar-refractivity contribution < 1.29 is 13.9 Å². The lowest BCUT2D eigenvalue weighted by Crippen LogP contribution is -2.29. The van der Waals surface area contributed by atoms with Gasteiger partial charge in [0.25, 0.3) is 5.91 Å². The molecule has 1 aliphatic heterocycles. The third-order valence-corrected chi connectivity index (χ3v) is 6.31. The van der Waals surface area contributed by atoms with Gasteiger partial charge in [-0.3, -0.25) is 14.5 Å². The van der Waals surface area contributed by atoms with Crippen LogP contribution in [0, 0.1) is 13.8 Å². The van der Waals surface area contributed by atoms with Gasteiger partial charge in [0.1, 0.15) is 11.3 Å². The molecule has 2 heterocycles. The number of carbonyl (C=O) groups is 1. The van der Waals surface area contributed by atoms with Crippen LogP contribution in [0.4, 0.5) is 5.69 Å². The Morgan fingerprint density at radius 2 is 1.69 bits per heavy atom. The Labute approximate surface area is 189 Å². The van der Waals surface area contributed by atoms with E-state index in [1.807, 2.05) is 56.3 Å². The molecule has 0 bridgehead atoms. The summed E-state index contributed by atoms with van der Waals surface area (Å²) in [6, 6.07) is 17.6. The number of anilines is 1. The van der Waals surface area contributed by atoms with E-state index in [0.717, 1.165) is 16.7 Å². The summed E-state index contributed by atoms with van der Waals surface area (Å²) in [5.41, 5.74) is 3.89. The van der Waals surface area contributed by atoms with Crippen molar-refractivity contribution in [2.75, 3.05) is 12.0 Å². The van der Waals surface area contributed by atoms with Crippen molar-refractivity contribution in [2.45, 2.75) is 19.9 Å². The van der Waals surface area contributed by atoms with Gasteiger partial charge in [0, 0.05) is 5.69 Å². The SMILES string of the molecule is COc1ccc(N2C(=O)c3oc4cc(C)c(C)cc4c(=O)c3C2c2ccccc2)cc1Cl. The van der Waals surface area contributed by atoms with Crippen molar-refractivity contribution in [2.24, 2.45) is 0 Å². The molecule has 4 aromatic rings. The third kappa shape index (κ3) is 3.00. The minimum Gasteiger partial charge on any atom is -0.495 e. The number of ether oxygens (including phenoxy) is 1. The molecule has 5 nitrogen and oxygen atoms in total. The first-order valence-corrected chi connectivity index (χ1v) is 10.6. The van der Waals surface area contributed by atoms with Crippen LogP contribution in [0.5, 0.6) is 5.75 Å². The second-order valence-electron chi connectivity index (χ2n) is 7.91. The molecule has 0 saturated heterocycles. The summed E-state index contributed by atoms with van der Waals surface area (Å²) in [5.74, 6) is 0.181. The maximum atomic E-state index is 13.7. The van der Waals surface area contributed by atoms with Gasteiger partial charge < -0.3 is 9.15 Å². The Kier molecular flexibility index (Phi) is 4.79. The van der Waals surface area contributed by atoms with Crippen LogP contribution < -0.4 is 15.1 Å². The van der Waals surface area contributed by atoms with Crippen molar-refractivity contribution in [1.82, 2.24) is 0 Å². The average Bonchev–Trinajstić information content (AvgIpc) is 3.08. The third-order valence-electron chi connectivity index (χ3n) is 6.02. The Balaban J connectivity index is 1.80. The molecule has 0 radical (unpaired) electrons. The number of hydrogen-bond acceptors (Lipinski definition) is 4. The summed E-state index contributed by atoms with van der Waals surface area (Å²) in [6.45, 7) is 3.90. The van der Waals surface area contributed by atoms with Crippen molar-refractivity contribution >= 4 is 34.2 Å². The number of hydrogen-bond donors (Lipinski definition) is 0. The number of aryl methyl sites for hydroxylation is 2. The molecule has 6 heteroatoms. The lowest BCUT2D eigenvalue weighted by atomic mass is 9.97. The molecule has 3 aromatic carbocycles. The summed E-state index contributed by atoms with van der Waals surface area (Å²) in [7, 11) is 1.53. The predicted molar refractivity (Wildman–Crippen MR) is 125 cm³/mol. The molecule has 1 atom stereocenters. The Bertz CT molecular complexity index is 1440. The minimum atomic E-state index is -0.634. The van der Waals surface area contributed by atoms with E-state index < -0.39 is 6.04 Å². The predicted octanol–water partition coefficient (Wildman–Crippen LogP) is 5.82. The zero-order valence-corrected chi connectivity index (χ0v) is 18.6. The van der Waals surface area contributed by atoms with Crippen LogP contribution in [-0.2, 0) is 0 Å². The first-order valence-electron chi connectivity index (χ1n) is 10.2. The first-order chi connectivity index (χ1) is 15.4. The highest BCUT2D eigenvalue weighted by molar-refractivity contribution is 6.32. The number of methoxy groups -OCH3 is 1. The van der Waals surface area contributed by atoms with E-state index >= 15 is 0 Å². The highest BCUT2D eigenvalue weighted by Gasteiger charge is 2.43. The van der Waals surface area contributed by atoms with Gasteiger partial charge in [0.2, 0.25) is 5.76 Å². The molecule has 5 rings (SSSR count). The fourth-order valence-corrected chi connectivity index (χ4v) is 4.50. The van der Waals surface area contributed by atoms with E-state index in [0.29, 0.717) is 33.0 Å². The molecule has 0 spiro atoms. The zero-order valence-electron chi connectivity index (χ0n) is 17.8. The zero-order chi connectivity index (χ0) is 22.6. The van der Waals surface area contributed by atoms with Crippen LogP contribution in [-0.4, -0.2) is 13.0 Å². The van der Waals surface area contributed by atoms with Gasteiger partial charge in [-0.05, 0) is 60.9 Å². The Hall–Kier alpha value is -3.57. The van der Waals surface area contributed by atoms with E-state index in [-0.39, 0.29) is 17.1 Å². The van der Waals surface area contributed by atoms with E-state index in [4.69, 9.17) is 20.8 Å². The van der Waals surface area contributed by atoms with E-state index in [1.54, 1.807) is 23.1 Å². The number of amides is 1. The van der Waals surface area contributed by atoms with Crippen molar-refractivity contribution in [3.05, 3.63) is 104 Å². The Morgan fingerprint density at radius 1 is 0.969 bits per heavy atom. The van der Waals surface area contributed by atoms with Gasteiger partial charge in [0.05, 0.1) is 29.1 Å². The molecular weight excluding hydrogens is 426 g/mol. The van der Waals surface area contributed by atoms with Crippen LogP contribution in [0.3, 0.4) is 0 Å². The highest BCUT2D eigenvalue weighted by atomic mass is 35.5. The van der Waals surface area contributed by atoms with E-state index in [1.165, 1.54) is 7.11 Å². The van der Waals surface area contributed by atoms with Crippen LogP contribution in [0.1, 0.15) is 38.9 Å². The second kappa shape index (κ2) is 7.53. The van der Waals surface area contributed by atoms with Crippen LogP contribution in [0.15, 0.2) is 69.9 Å². The molecule has 1 aliphatic rings. The quantitative estimate of drug-likeness (QED) is 0.398. The van der Waals surface area contributed by atoms with Gasteiger partial charge in [-0.25, -0.2) is 0 Å². The normalized spacial score (nSPS) is 15.3. The summed E-state index contributed by atoms with van der Waals surface area (Å²) >= 11 is 6.36. The van der Waals surface area contributed by atoms with Gasteiger partial charge in [-0.15, -0.1) is 0 Å². The number of carbonyl (C=O) groups excluding carboxylic acids is 1.